The van der Waals surface area contributed by atoms with Gasteiger partial charge in [0.1, 0.15) is 5.75 Å². The lowest BCUT2D eigenvalue weighted by molar-refractivity contribution is 0.318. The van der Waals surface area contributed by atoms with Crippen molar-refractivity contribution in [1.29, 1.82) is 0 Å². The van der Waals surface area contributed by atoms with Crippen molar-refractivity contribution < 1.29 is 18.4 Å². The van der Waals surface area contributed by atoms with Gasteiger partial charge in [0.25, 0.3) is 10.2 Å². The highest BCUT2D eigenvalue weighted by Crippen LogP contribution is 2.26. The van der Waals surface area contributed by atoms with Crippen LogP contribution in [0.4, 0.5) is 5.69 Å². The fourth-order valence-corrected chi connectivity index (χ4v) is 2.61. The first-order valence-electron chi connectivity index (χ1n) is 5.75. The number of anilines is 1. The van der Waals surface area contributed by atoms with E-state index in [1.165, 1.54) is 25.3 Å². The molecule has 0 aliphatic rings. The summed E-state index contributed by atoms with van der Waals surface area (Å²) in [5, 5.41) is 11.5. The smallest absolute Gasteiger partial charge is 0.299 e. The Kier molecular flexibility index (Phi) is 5.17. The molecule has 5 N–H and O–H groups in total. The van der Waals surface area contributed by atoms with Crippen molar-refractivity contribution in [3.8, 4) is 5.75 Å². The molecule has 0 heterocycles. The van der Waals surface area contributed by atoms with Crippen molar-refractivity contribution in [3.63, 3.8) is 0 Å². The Morgan fingerprint density at radius 1 is 1.45 bits per heavy atom. The van der Waals surface area contributed by atoms with Crippen molar-refractivity contribution in [2.75, 3.05) is 11.8 Å². The molecule has 0 aliphatic carbocycles. The molecule has 0 unspecified atom stereocenters. The van der Waals surface area contributed by atoms with E-state index in [-0.39, 0.29) is 23.3 Å². The van der Waals surface area contributed by atoms with E-state index in [1.54, 1.807) is 13.8 Å². The Bertz CT molecular complexity index is 598. The molecule has 8 nitrogen and oxygen atoms in total. The molecule has 1 aromatic carbocycles. The van der Waals surface area contributed by atoms with E-state index in [1.807, 2.05) is 0 Å². The Labute approximate surface area is 117 Å². The first kappa shape index (κ1) is 16.1. The largest absolute Gasteiger partial charge is 0.495 e. The van der Waals surface area contributed by atoms with Crippen LogP contribution in [0, 0.1) is 0 Å². The number of nitrogens with one attached hydrogen (secondary N) is 2. The number of amidine groups is 1. The van der Waals surface area contributed by atoms with Crippen molar-refractivity contribution in [1.82, 2.24) is 4.72 Å². The van der Waals surface area contributed by atoms with Crippen molar-refractivity contribution in [3.05, 3.63) is 23.8 Å². The van der Waals surface area contributed by atoms with Gasteiger partial charge in [-0.1, -0.05) is 5.16 Å². The number of hydrogen-bond acceptors (Lipinski definition) is 5. The zero-order valence-electron chi connectivity index (χ0n) is 11.4. The Hall–Kier alpha value is -2.00. The summed E-state index contributed by atoms with van der Waals surface area (Å²) in [5.74, 6) is 0.154. The third-order valence-electron chi connectivity index (χ3n) is 2.24. The average Bonchev–Trinajstić information content (AvgIpc) is 2.36. The van der Waals surface area contributed by atoms with Gasteiger partial charge in [0.2, 0.25) is 0 Å². The zero-order chi connectivity index (χ0) is 15.3. The van der Waals surface area contributed by atoms with Crippen molar-refractivity contribution in [2.45, 2.75) is 19.9 Å². The molecule has 0 atom stereocenters. The lowest BCUT2D eigenvalue weighted by atomic mass is 10.2. The topological polar surface area (TPSA) is 126 Å². The number of hydrogen-bond donors (Lipinski definition) is 4. The van der Waals surface area contributed by atoms with Gasteiger partial charge in [-0.05, 0) is 32.0 Å². The predicted octanol–water partition coefficient (Wildman–Crippen LogP) is 0.444. The lowest BCUT2D eigenvalue weighted by Crippen LogP contribution is -2.35. The van der Waals surface area contributed by atoms with Crippen molar-refractivity contribution >= 4 is 21.7 Å². The molecule has 112 valence electrons. The van der Waals surface area contributed by atoms with Gasteiger partial charge >= 0.3 is 0 Å². The van der Waals surface area contributed by atoms with E-state index in [0.29, 0.717) is 5.56 Å². The summed E-state index contributed by atoms with van der Waals surface area (Å²) >= 11 is 0. The van der Waals surface area contributed by atoms with Crippen LogP contribution in [0.5, 0.6) is 5.75 Å². The minimum Gasteiger partial charge on any atom is -0.495 e. The summed E-state index contributed by atoms with van der Waals surface area (Å²) in [6, 6.07) is 4.19. The molecule has 0 bridgehead atoms. The summed E-state index contributed by atoms with van der Waals surface area (Å²) in [7, 11) is -2.31. The Morgan fingerprint density at radius 2 is 2.10 bits per heavy atom. The highest BCUT2D eigenvalue weighted by atomic mass is 32.2. The highest BCUT2D eigenvalue weighted by Gasteiger charge is 2.15. The first-order valence-corrected chi connectivity index (χ1v) is 7.23. The van der Waals surface area contributed by atoms with Gasteiger partial charge in [-0.15, -0.1) is 0 Å². The molecule has 0 fully saturated rings. The molecular weight excluding hydrogens is 284 g/mol. The molecule has 1 rings (SSSR count). The molecule has 0 amide bonds. The van der Waals surface area contributed by atoms with E-state index >= 15 is 0 Å². The SMILES string of the molecule is COc1cc(/C(N)=N/O)ccc1NS(=O)(=O)NC(C)C. The second-order valence-corrected chi connectivity index (χ2v) is 5.73. The molecule has 0 radical (unpaired) electrons. The highest BCUT2D eigenvalue weighted by molar-refractivity contribution is 7.90. The first-order chi connectivity index (χ1) is 9.29. The molecule has 0 aromatic heterocycles. The Morgan fingerprint density at radius 3 is 2.60 bits per heavy atom. The Balaban J connectivity index is 3.08. The number of oxime groups is 1. The van der Waals surface area contributed by atoms with Crippen LogP contribution >= 0.6 is 0 Å². The van der Waals surface area contributed by atoms with Gasteiger partial charge in [0, 0.05) is 11.6 Å². The zero-order valence-corrected chi connectivity index (χ0v) is 12.2. The molecule has 9 heteroatoms. The molecule has 0 saturated carbocycles. The summed E-state index contributed by atoms with van der Waals surface area (Å²) in [4.78, 5) is 0. The number of nitrogens with zero attached hydrogens (tertiary/aromatic N) is 1. The number of methoxy groups -OCH3 is 1. The van der Waals surface area contributed by atoms with E-state index < -0.39 is 10.2 Å². The average molecular weight is 302 g/mol. The fourth-order valence-electron chi connectivity index (χ4n) is 1.48. The summed E-state index contributed by atoms with van der Waals surface area (Å²) < 4.78 is 33.4. The van der Waals surface area contributed by atoms with Gasteiger partial charge in [-0.2, -0.15) is 13.1 Å². The summed E-state index contributed by atoms with van der Waals surface area (Å²) in [6.45, 7) is 3.41. The second-order valence-electron chi connectivity index (χ2n) is 4.28. The molecule has 20 heavy (non-hydrogen) atoms. The van der Waals surface area contributed by atoms with Crippen LogP contribution < -0.4 is 19.9 Å². The van der Waals surface area contributed by atoms with Crippen LogP contribution in [0.1, 0.15) is 19.4 Å². The summed E-state index contributed by atoms with van der Waals surface area (Å²) in [6.07, 6.45) is 0. The van der Waals surface area contributed by atoms with Gasteiger partial charge in [-0.25, -0.2) is 0 Å². The van der Waals surface area contributed by atoms with Crippen LogP contribution in [0.15, 0.2) is 23.4 Å². The standard InChI is InChI=1S/C11H18N4O4S/c1-7(2)14-20(17,18)15-9-5-4-8(11(12)13-16)6-10(9)19-3/h4-7,14-16H,1-3H3,(H2,12,13). The fraction of sp³-hybridized carbons (Fsp3) is 0.364. The maximum absolute atomic E-state index is 11.8. The molecule has 0 aliphatic heterocycles. The van der Waals surface area contributed by atoms with E-state index in [2.05, 4.69) is 14.6 Å². The molecule has 1 aromatic rings. The lowest BCUT2D eigenvalue weighted by Gasteiger charge is -2.14. The van der Waals surface area contributed by atoms with Crippen LogP contribution in [-0.4, -0.2) is 32.6 Å². The van der Waals surface area contributed by atoms with Gasteiger partial charge < -0.3 is 15.7 Å². The van der Waals surface area contributed by atoms with Crippen molar-refractivity contribution in [2.24, 2.45) is 10.9 Å². The number of nitrogens with two attached hydrogens (primary N) is 1. The molecular formula is C11H18N4O4S. The van der Waals surface area contributed by atoms with Crippen LogP contribution in [-0.2, 0) is 10.2 Å². The van der Waals surface area contributed by atoms with Crippen LogP contribution in [0.3, 0.4) is 0 Å². The molecule has 0 spiro atoms. The number of benzene rings is 1. The normalized spacial score (nSPS) is 12.5. The maximum Gasteiger partial charge on any atom is 0.299 e. The third-order valence-corrected chi connectivity index (χ3v) is 3.51. The van der Waals surface area contributed by atoms with Gasteiger partial charge in [-0.3, -0.25) is 4.72 Å². The van der Waals surface area contributed by atoms with Crippen LogP contribution in [0.2, 0.25) is 0 Å². The summed E-state index contributed by atoms with van der Waals surface area (Å²) in [5.41, 5.74) is 6.11. The van der Waals surface area contributed by atoms with Crippen LogP contribution in [0.25, 0.3) is 0 Å². The monoisotopic (exact) mass is 302 g/mol. The van der Waals surface area contributed by atoms with E-state index in [4.69, 9.17) is 15.7 Å². The second kappa shape index (κ2) is 6.44. The quantitative estimate of drug-likeness (QED) is 0.262. The van der Waals surface area contributed by atoms with E-state index in [9.17, 15) is 8.42 Å². The molecule has 0 saturated heterocycles. The van der Waals surface area contributed by atoms with E-state index in [0.717, 1.165) is 0 Å². The predicted molar refractivity (Wildman–Crippen MR) is 76.3 cm³/mol. The minimum absolute atomic E-state index is 0.0991. The van der Waals surface area contributed by atoms with Gasteiger partial charge in [0.15, 0.2) is 5.84 Å². The third kappa shape index (κ3) is 4.28. The van der Waals surface area contributed by atoms with Gasteiger partial charge in [0.05, 0.1) is 12.8 Å². The maximum atomic E-state index is 11.8. The minimum atomic E-state index is -3.70. The number of rotatable bonds is 6. The number of ether oxygens (including phenoxy) is 1.